The highest BCUT2D eigenvalue weighted by Gasteiger charge is 2.60. The van der Waals surface area contributed by atoms with Gasteiger partial charge in [0, 0.05) is 0 Å². The third-order valence-corrected chi connectivity index (χ3v) is 8.28. The van der Waals surface area contributed by atoms with E-state index < -0.39 is 0 Å². The lowest BCUT2D eigenvalue weighted by Gasteiger charge is -2.54. The van der Waals surface area contributed by atoms with Crippen LogP contribution in [0, 0.1) is 22.7 Å². The van der Waals surface area contributed by atoms with E-state index >= 15 is 0 Å². The highest BCUT2D eigenvalue weighted by Crippen LogP contribution is 2.65. The first-order valence-corrected chi connectivity index (χ1v) is 9.38. The Kier molecular flexibility index (Phi) is 3.78. The third kappa shape index (κ3) is 2.36. The van der Waals surface area contributed by atoms with Crippen LogP contribution < -0.4 is 0 Å². The van der Waals surface area contributed by atoms with Crippen LogP contribution in [0.15, 0.2) is 0 Å². The van der Waals surface area contributed by atoms with Crippen LogP contribution in [0.2, 0.25) is 0 Å². The van der Waals surface area contributed by atoms with Crippen LogP contribution in [-0.2, 0) is 4.74 Å². The molecule has 0 aromatic rings. The third-order valence-electron chi connectivity index (χ3n) is 8.28. The van der Waals surface area contributed by atoms with Gasteiger partial charge in [-0.15, -0.1) is 0 Å². The van der Waals surface area contributed by atoms with E-state index in [2.05, 4.69) is 41.5 Å². The van der Waals surface area contributed by atoms with Crippen LogP contribution in [0.25, 0.3) is 0 Å². The fourth-order valence-corrected chi connectivity index (χ4v) is 5.91. The molecule has 3 aliphatic carbocycles. The summed E-state index contributed by atoms with van der Waals surface area (Å²) in [6, 6.07) is 0. The summed E-state index contributed by atoms with van der Waals surface area (Å²) in [4.78, 5) is 0. The maximum absolute atomic E-state index is 9.81. The molecule has 2 aliphatic heterocycles. The highest BCUT2D eigenvalue weighted by molar-refractivity contribution is 5.10. The monoisotopic (exact) mass is 308 g/mol. The van der Waals surface area contributed by atoms with Crippen LogP contribution in [0.5, 0.6) is 0 Å². The molecule has 0 aromatic carbocycles. The molecule has 0 spiro atoms. The number of rotatable bonds is 0. The maximum Gasteiger partial charge on any atom is 0.0662 e. The molecule has 128 valence electrons. The second kappa shape index (κ2) is 4.96. The zero-order chi connectivity index (χ0) is 16.4. The largest absolute Gasteiger partial charge is 0.393 e. The number of aliphatic hydroxyl groups is 1. The first kappa shape index (κ1) is 16.8. The van der Waals surface area contributed by atoms with Gasteiger partial charge < -0.3 is 9.84 Å². The van der Waals surface area contributed by atoms with E-state index in [0.717, 1.165) is 18.3 Å². The van der Waals surface area contributed by atoms with Gasteiger partial charge in [0.25, 0.3) is 0 Å². The van der Waals surface area contributed by atoms with Gasteiger partial charge in [-0.1, -0.05) is 20.8 Å². The lowest BCUT2D eigenvalue weighted by atomic mass is 9.69. The molecular weight excluding hydrogens is 272 g/mol. The minimum atomic E-state index is -0.0313. The molecule has 5 rings (SSSR count). The first-order valence-electron chi connectivity index (χ1n) is 9.38. The molecule has 2 heterocycles. The average molecular weight is 309 g/mol. The van der Waals surface area contributed by atoms with E-state index in [1.54, 1.807) is 0 Å². The van der Waals surface area contributed by atoms with Crippen LogP contribution in [-0.4, -0.2) is 22.4 Å². The Hall–Kier alpha value is -0.0800. The van der Waals surface area contributed by atoms with Gasteiger partial charge in [-0.2, -0.15) is 0 Å². The minimum absolute atomic E-state index is 0.0313. The van der Waals surface area contributed by atoms with Gasteiger partial charge >= 0.3 is 0 Å². The molecule has 4 bridgehead atoms. The van der Waals surface area contributed by atoms with Gasteiger partial charge in [0.1, 0.15) is 0 Å². The zero-order valence-corrected chi connectivity index (χ0v) is 15.5. The van der Waals surface area contributed by atoms with Crippen LogP contribution >= 0.6 is 0 Å². The average Bonchev–Trinajstić information content (AvgIpc) is 2.71. The zero-order valence-electron chi connectivity index (χ0n) is 15.5. The minimum Gasteiger partial charge on any atom is -0.393 e. The van der Waals surface area contributed by atoms with Gasteiger partial charge in [0.05, 0.1) is 17.3 Å². The van der Waals surface area contributed by atoms with E-state index in [1.807, 2.05) is 0 Å². The van der Waals surface area contributed by atoms with E-state index in [0.29, 0.717) is 5.41 Å². The van der Waals surface area contributed by atoms with Gasteiger partial charge in [-0.05, 0) is 88.4 Å². The number of fused-ring (bicyclic) bond motifs is 5. The molecule has 0 aromatic heterocycles. The maximum atomic E-state index is 9.81. The van der Waals surface area contributed by atoms with Gasteiger partial charge in [-0.25, -0.2) is 0 Å². The van der Waals surface area contributed by atoms with Crippen molar-refractivity contribution in [2.75, 3.05) is 0 Å². The molecule has 2 nitrogen and oxygen atoms in total. The molecule has 0 amide bonds. The van der Waals surface area contributed by atoms with Crippen LogP contribution in [0.1, 0.15) is 86.5 Å². The summed E-state index contributed by atoms with van der Waals surface area (Å²) in [5, 5.41) is 9.81. The van der Waals surface area contributed by atoms with Crippen molar-refractivity contribution in [3.63, 3.8) is 0 Å². The summed E-state index contributed by atoms with van der Waals surface area (Å²) in [7, 11) is 0. The lowest BCUT2D eigenvalue weighted by molar-refractivity contribution is -0.229. The molecule has 5 aliphatic rings. The summed E-state index contributed by atoms with van der Waals surface area (Å²) in [5.74, 6) is 1.60. The number of aliphatic hydroxyl groups excluding tert-OH is 1. The van der Waals surface area contributed by atoms with E-state index in [-0.39, 0.29) is 22.7 Å². The Morgan fingerprint density at radius 2 is 1.36 bits per heavy atom. The molecule has 3 saturated carbocycles. The quantitative estimate of drug-likeness (QED) is 0.687. The van der Waals surface area contributed by atoms with Crippen LogP contribution in [0.4, 0.5) is 0 Å². The molecule has 3 atom stereocenters. The lowest BCUT2D eigenvalue weighted by Crippen LogP contribution is -2.53. The second-order valence-corrected chi connectivity index (χ2v) is 10.1. The Bertz CT molecular complexity index is 428. The second-order valence-electron chi connectivity index (χ2n) is 10.1. The normalized spacial score (nSPS) is 50.6. The molecule has 1 N–H and O–H groups in total. The Morgan fingerprint density at radius 3 is 1.59 bits per heavy atom. The van der Waals surface area contributed by atoms with Crippen molar-refractivity contribution < 1.29 is 9.84 Å². The molecule has 2 saturated heterocycles. The van der Waals surface area contributed by atoms with E-state index in [4.69, 9.17) is 4.74 Å². The van der Waals surface area contributed by atoms with E-state index in [9.17, 15) is 5.11 Å². The standard InChI is InChI=1S/2C10H18O/c1-9(2)8-4-6-10(3,11-9)7-5-8;1-9(2)7-4-5-10(9,3)8(11)6-7/h8H,4-7H2,1-3H3;7-8,11H,4-6H2,1-3H3/t;7-,8+,10+/m.1/s1. The molecule has 22 heavy (non-hydrogen) atoms. The van der Waals surface area contributed by atoms with E-state index in [1.165, 1.54) is 38.5 Å². The number of ether oxygens (including phenoxy) is 1. The van der Waals surface area contributed by atoms with Crippen LogP contribution in [0.3, 0.4) is 0 Å². The summed E-state index contributed by atoms with van der Waals surface area (Å²) in [6.07, 6.45) is 8.89. The van der Waals surface area contributed by atoms with Crippen molar-refractivity contribution in [1.29, 1.82) is 0 Å². The van der Waals surface area contributed by atoms with Crippen molar-refractivity contribution in [3.05, 3.63) is 0 Å². The Labute approximate surface area is 137 Å². The summed E-state index contributed by atoms with van der Waals surface area (Å²) in [6.45, 7) is 13.7. The predicted molar refractivity (Wildman–Crippen MR) is 90.8 cm³/mol. The van der Waals surface area contributed by atoms with Crippen molar-refractivity contribution in [2.45, 2.75) is 104 Å². The predicted octanol–water partition coefficient (Wildman–Crippen LogP) is 4.94. The number of hydrogen-bond acceptors (Lipinski definition) is 2. The Balaban J connectivity index is 0.000000131. The summed E-state index contributed by atoms with van der Waals surface area (Å²) < 4.78 is 6.06. The fraction of sp³-hybridized carbons (Fsp3) is 1.00. The number of hydrogen-bond donors (Lipinski definition) is 1. The molecule has 0 unspecified atom stereocenters. The summed E-state index contributed by atoms with van der Waals surface area (Å²) in [5.41, 5.74) is 0.980. The smallest absolute Gasteiger partial charge is 0.0662 e. The van der Waals surface area contributed by atoms with Crippen molar-refractivity contribution in [2.24, 2.45) is 22.7 Å². The first-order chi connectivity index (χ1) is 10.0. The van der Waals surface area contributed by atoms with Gasteiger partial charge in [0.15, 0.2) is 0 Å². The highest BCUT2D eigenvalue weighted by atomic mass is 16.5. The summed E-state index contributed by atoms with van der Waals surface area (Å²) >= 11 is 0. The fourth-order valence-electron chi connectivity index (χ4n) is 5.91. The molecule has 2 heteroatoms. The molecule has 0 radical (unpaired) electrons. The topological polar surface area (TPSA) is 29.5 Å². The van der Waals surface area contributed by atoms with Crippen molar-refractivity contribution in [1.82, 2.24) is 0 Å². The molecular formula is C20H36O2. The SMILES string of the molecule is CC1(C)[C@@H]2CC[C@@]1(C)[C@@H](O)C2.CC12CCC(CC1)C(C)(C)O2. The van der Waals surface area contributed by atoms with Gasteiger partial charge in [-0.3, -0.25) is 0 Å². The van der Waals surface area contributed by atoms with Gasteiger partial charge in [0.2, 0.25) is 0 Å². The van der Waals surface area contributed by atoms with Crippen molar-refractivity contribution in [3.8, 4) is 0 Å². The Morgan fingerprint density at radius 1 is 0.818 bits per heavy atom. The van der Waals surface area contributed by atoms with Crippen molar-refractivity contribution >= 4 is 0 Å². The molecule has 5 fully saturated rings.